The summed E-state index contributed by atoms with van der Waals surface area (Å²) >= 11 is 0. The van der Waals surface area contributed by atoms with Crippen molar-refractivity contribution in [2.45, 2.75) is 20.4 Å². The molecule has 4 nitrogen and oxygen atoms in total. The molecule has 0 aliphatic heterocycles. The van der Waals surface area contributed by atoms with Gasteiger partial charge in [0.15, 0.2) is 0 Å². The van der Waals surface area contributed by atoms with Crippen LogP contribution in [0, 0.1) is 13.8 Å². The quantitative estimate of drug-likeness (QED) is 0.846. The molecule has 0 aliphatic rings. The van der Waals surface area contributed by atoms with Crippen LogP contribution in [0.25, 0.3) is 0 Å². The van der Waals surface area contributed by atoms with Crippen LogP contribution in [0.4, 0.5) is 11.5 Å². The molecular weight excluding hydrogens is 212 g/mol. The highest BCUT2D eigenvalue weighted by atomic mass is 15.0. The van der Waals surface area contributed by atoms with Gasteiger partial charge in [-0.25, -0.2) is 4.98 Å². The average Bonchev–Trinajstić information content (AvgIpc) is 2.32. The standard InChI is InChI=1S/C13H16N4/c1-9-4-3-7-15-12(9)8-16-13-6-5-11(14)10(2)17-13/h3-7H,8,14H2,1-2H3,(H,16,17). The van der Waals surface area contributed by atoms with Crippen LogP contribution in [-0.4, -0.2) is 9.97 Å². The number of nitrogens with zero attached hydrogens (tertiary/aromatic N) is 2. The number of pyridine rings is 2. The molecule has 88 valence electrons. The Morgan fingerprint density at radius 3 is 2.76 bits per heavy atom. The van der Waals surface area contributed by atoms with Gasteiger partial charge in [-0.05, 0) is 37.6 Å². The molecule has 0 aromatic carbocycles. The van der Waals surface area contributed by atoms with Crippen molar-refractivity contribution in [1.29, 1.82) is 0 Å². The van der Waals surface area contributed by atoms with E-state index in [1.807, 2.05) is 38.1 Å². The van der Waals surface area contributed by atoms with E-state index in [1.165, 1.54) is 5.56 Å². The fraction of sp³-hybridized carbons (Fsp3) is 0.231. The highest BCUT2D eigenvalue weighted by molar-refractivity contribution is 5.49. The molecule has 2 heterocycles. The predicted molar refractivity (Wildman–Crippen MR) is 69.7 cm³/mol. The Labute approximate surface area is 101 Å². The highest BCUT2D eigenvalue weighted by Crippen LogP contribution is 2.13. The summed E-state index contributed by atoms with van der Waals surface area (Å²) in [5, 5.41) is 3.24. The second kappa shape index (κ2) is 4.82. The minimum absolute atomic E-state index is 0.670. The zero-order valence-corrected chi connectivity index (χ0v) is 10.1. The van der Waals surface area contributed by atoms with Crippen LogP contribution in [0.3, 0.4) is 0 Å². The molecule has 0 atom stereocenters. The van der Waals surface area contributed by atoms with Gasteiger partial charge in [-0.3, -0.25) is 4.98 Å². The van der Waals surface area contributed by atoms with Crippen molar-refractivity contribution in [3.05, 3.63) is 47.4 Å². The summed E-state index contributed by atoms with van der Waals surface area (Å²) in [5.74, 6) is 0.821. The summed E-state index contributed by atoms with van der Waals surface area (Å²) in [7, 11) is 0. The molecule has 2 rings (SSSR count). The van der Waals surface area contributed by atoms with Crippen molar-refractivity contribution in [2.24, 2.45) is 0 Å². The molecule has 4 heteroatoms. The summed E-state index contributed by atoms with van der Waals surface area (Å²) in [6.45, 7) is 4.61. The summed E-state index contributed by atoms with van der Waals surface area (Å²) < 4.78 is 0. The maximum absolute atomic E-state index is 5.72. The van der Waals surface area contributed by atoms with Gasteiger partial charge in [-0.15, -0.1) is 0 Å². The first-order valence-electron chi connectivity index (χ1n) is 5.54. The van der Waals surface area contributed by atoms with Crippen molar-refractivity contribution in [3.63, 3.8) is 0 Å². The third-order valence-electron chi connectivity index (χ3n) is 2.68. The van der Waals surface area contributed by atoms with Crippen LogP contribution in [-0.2, 0) is 6.54 Å². The van der Waals surface area contributed by atoms with E-state index in [4.69, 9.17) is 5.73 Å². The number of nitrogen functional groups attached to an aromatic ring is 1. The molecule has 2 aromatic rings. The lowest BCUT2D eigenvalue weighted by molar-refractivity contribution is 1.00. The Bertz CT molecular complexity index is 523. The zero-order valence-electron chi connectivity index (χ0n) is 10.1. The average molecular weight is 228 g/mol. The number of rotatable bonds is 3. The van der Waals surface area contributed by atoms with Crippen LogP contribution in [0.5, 0.6) is 0 Å². The van der Waals surface area contributed by atoms with Crippen LogP contribution in [0.2, 0.25) is 0 Å². The molecular formula is C13H16N4. The maximum Gasteiger partial charge on any atom is 0.126 e. The Hall–Kier alpha value is -2.10. The van der Waals surface area contributed by atoms with Crippen LogP contribution in [0.1, 0.15) is 17.0 Å². The minimum Gasteiger partial charge on any atom is -0.397 e. The van der Waals surface area contributed by atoms with E-state index in [-0.39, 0.29) is 0 Å². The van der Waals surface area contributed by atoms with Gasteiger partial charge in [0.05, 0.1) is 23.6 Å². The molecule has 0 spiro atoms. The van der Waals surface area contributed by atoms with E-state index in [2.05, 4.69) is 15.3 Å². The van der Waals surface area contributed by atoms with Crippen LogP contribution >= 0.6 is 0 Å². The molecule has 0 radical (unpaired) electrons. The summed E-state index contributed by atoms with van der Waals surface area (Å²) in [4.78, 5) is 8.67. The number of aromatic nitrogens is 2. The van der Waals surface area contributed by atoms with Gasteiger partial charge in [-0.1, -0.05) is 6.07 Å². The second-order valence-corrected chi connectivity index (χ2v) is 3.99. The first kappa shape index (κ1) is 11.4. The van der Waals surface area contributed by atoms with Crippen molar-refractivity contribution < 1.29 is 0 Å². The molecule has 0 saturated heterocycles. The van der Waals surface area contributed by atoms with E-state index < -0.39 is 0 Å². The van der Waals surface area contributed by atoms with Gasteiger partial charge >= 0.3 is 0 Å². The lowest BCUT2D eigenvalue weighted by atomic mass is 10.2. The molecule has 0 unspecified atom stereocenters. The molecule has 3 N–H and O–H groups in total. The fourth-order valence-electron chi connectivity index (χ4n) is 1.55. The highest BCUT2D eigenvalue weighted by Gasteiger charge is 2.01. The first-order chi connectivity index (χ1) is 8.16. The van der Waals surface area contributed by atoms with Crippen LogP contribution in [0.15, 0.2) is 30.5 Å². The minimum atomic E-state index is 0.670. The lowest BCUT2D eigenvalue weighted by Crippen LogP contribution is -2.06. The number of hydrogen-bond donors (Lipinski definition) is 2. The van der Waals surface area contributed by atoms with Gasteiger partial charge < -0.3 is 11.1 Å². The SMILES string of the molecule is Cc1cccnc1CNc1ccc(N)c(C)n1. The topological polar surface area (TPSA) is 63.8 Å². The predicted octanol–water partition coefficient (Wildman–Crippen LogP) is 2.29. The summed E-state index contributed by atoms with van der Waals surface area (Å²) in [6.07, 6.45) is 1.80. The Balaban J connectivity index is 2.08. The molecule has 0 bridgehead atoms. The first-order valence-corrected chi connectivity index (χ1v) is 5.54. The van der Waals surface area contributed by atoms with E-state index in [0.29, 0.717) is 12.2 Å². The molecule has 2 aromatic heterocycles. The molecule has 0 aliphatic carbocycles. The number of anilines is 2. The third-order valence-corrected chi connectivity index (χ3v) is 2.68. The molecule has 0 amide bonds. The van der Waals surface area contributed by atoms with Gasteiger partial charge in [0.1, 0.15) is 5.82 Å². The van der Waals surface area contributed by atoms with Gasteiger partial charge in [0.2, 0.25) is 0 Å². The zero-order chi connectivity index (χ0) is 12.3. The van der Waals surface area contributed by atoms with Crippen molar-refractivity contribution in [1.82, 2.24) is 9.97 Å². The van der Waals surface area contributed by atoms with E-state index in [9.17, 15) is 0 Å². The van der Waals surface area contributed by atoms with Crippen molar-refractivity contribution in [2.75, 3.05) is 11.1 Å². The number of nitrogens with one attached hydrogen (secondary N) is 1. The van der Waals surface area contributed by atoms with Gasteiger partial charge in [0, 0.05) is 6.20 Å². The van der Waals surface area contributed by atoms with Crippen molar-refractivity contribution >= 4 is 11.5 Å². The van der Waals surface area contributed by atoms with E-state index in [0.717, 1.165) is 17.2 Å². The fourth-order valence-corrected chi connectivity index (χ4v) is 1.55. The van der Waals surface area contributed by atoms with E-state index >= 15 is 0 Å². The third kappa shape index (κ3) is 2.72. The Kier molecular flexibility index (Phi) is 3.23. The number of aryl methyl sites for hydroxylation is 2. The molecule has 0 saturated carbocycles. The number of nitrogens with two attached hydrogens (primary N) is 1. The van der Waals surface area contributed by atoms with Crippen LogP contribution < -0.4 is 11.1 Å². The monoisotopic (exact) mass is 228 g/mol. The maximum atomic E-state index is 5.72. The van der Waals surface area contributed by atoms with Gasteiger partial charge in [0.25, 0.3) is 0 Å². The lowest BCUT2D eigenvalue weighted by Gasteiger charge is -2.08. The smallest absolute Gasteiger partial charge is 0.126 e. The summed E-state index contributed by atoms with van der Waals surface area (Å²) in [5.41, 5.74) is 9.48. The Morgan fingerprint density at radius 2 is 2.06 bits per heavy atom. The normalized spacial score (nSPS) is 10.2. The summed E-state index contributed by atoms with van der Waals surface area (Å²) in [6, 6.07) is 7.71. The number of hydrogen-bond acceptors (Lipinski definition) is 4. The van der Waals surface area contributed by atoms with E-state index in [1.54, 1.807) is 6.20 Å². The molecule has 17 heavy (non-hydrogen) atoms. The molecule has 0 fully saturated rings. The van der Waals surface area contributed by atoms with Crippen molar-refractivity contribution in [3.8, 4) is 0 Å². The second-order valence-electron chi connectivity index (χ2n) is 3.99. The Morgan fingerprint density at radius 1 is 1.24 bits per heavy atom. The van der Waals surface area contributed by atoms with Gasteiger partial charge in [-0.2, -0.15) is 0 Å². The largest absolute Gasteiger partial charge is 0.397 e.